The van der Waals surface area contributed by atoms with Crippen LogP contribution in [0.2, 0.25) is 5.02 Å². The summed E-state index contributed by atoms with van der Waals surface area (Å²) in [6.45, 7) is 0. The van der Waals surface area contributed by atoms with Gasteiger partial charge in [0.25, 0.3) is 0 Å². The quantitative estimate of drug-likeness (QED) is 0.609. The van der Waals surface area contributed by atoms with Gasteiger partial charge in [-0.1, -0.05) is 49.4 Å². The van der Waals surface area contributed by atoms with Gasteiger partial charge in [0.15, 0.2) is 0 Å². The number of rotatable bonds is 6. The molecule has 18 heavy (non-hydrogen) atoms. The minimum absolute atomic E-state index is 0.365. The molecule has 2 rings (SSSR count). The molecule has 0 radical (unpaired) electrons. The van der Waals surface area contributed by atoms with Gasteiger partial charge in [0.1, 0.15) is 0 Å². The maximum absolute atomic E-state index is 6.00. The van der Waals surface area contributed by atoms with E-state index in [1.165, 1.54) is 37.7 Å². The minimum atomic E-state index is 0.365. The van der Waals surface area contributed by atoms with Crippen molar-refractivity contribution in [2.45, 2.75) is 51.0 Å². The molecule has 0 heterocycles. The molecule has 1 aliphatic rings. The van der Waals surface area contributed by atoms with E-state index in [2.05, 4.69) is 11.5 Å². The van der Waals surface area contributed by atoms with Crippen LogP contribution in [0.1, 0.15) is 44.1 Å². The molecule has 2 nitrogen and oxygen atoms in total. The van der Waals surface area contributed by atoms with E-state index in [0.29, 0.717) is 6.04 Å². The summed E-state index contributed by atoms with van der Waals surface area (Å²) in [7, 11) is 0. The molecule has 1 aromatic carbocycles. The smallest absolute Gasteiger partial charge is 0.0408 e. The van der Waals surface area contributed by atoms with E-state index in [-0.39, 0.29) is 0 Å². The Hall–Kier alpha value is -0.570. The van der Waals surface area contributed by atoms with Crippen LogP contribution in [0.5, 0.6) is 0 Å². The average Bonchev–Trinajstić information content (AvgIpc) is 2.87. The lowest BCUT2D eigenvalue weighted by Gasteiger charge is -2.18. The summed E-state index contributed by atoms with van der Waals surface area (Å²) in [5, 5.41) is 0.805. The van der Waals surface area contributed by atoms with Crippen LogP contribution in [-0.2, 0) is 6.42 Å². The third kappa shape index (κ3) is 4.27. The lowest BCUT2D eigenvalue weighted by molar-refractivity contribution is 0.407. The van der Waals surface area contributed by atoms with Gasteiger partial charge in [-0.25, -0.2) is 0 Å². The Kier molecular flexibility index (Phi) is 5.48. The maximum Gasteiger partial charge on any atom is 0.0408 e. The van der Waals surface area contributed by atoms with E-state index in [9.17, 15) is 0 Å². The van der Waals surface area contributed by atoms with Crippen LogP contribution in [0.3, 0.4) is 0 Å². The molecule has 3 heteroatoms. The zero-order valence-electron chi connectivity index (χ0n) is 10.9. The molecule has 1 aliphatic carbocycles. The number of halogens is 1. The second kappa shape index (κ2) is 7.13. The number of hydrazine groups is 1. The normalized spacial score (nSPS) is 18.1. The number of hydrogen-bond donors (Lipinski definition) is 2. The van der Waals surface area contributed by atoms with Crippen molar-refractivity contribution < 1.29 is 0 Å². The van der Waals surface area contributed by atoms with Crippen molar-refractivity contribution in [2.24, 2.45) is 11.8 Å². The van der Waals surface area contributed by atoms with E-state index >= 15 is 0 Å². The first-order valence-corrected chi connectivity index (χ1v) is 7.36. The minimum Gasteiger partial charge on any atom is -0.271 e. The number of benzene rings is 1. The molecular formula is C15H23ClN2. The second-order valence-electron chi connectivity index (χ2n) is 5.43. The highest BCUT2D eigenvalue weighted by molar-refractivity contribution is 6.30. The van der Waals surface area contributed by atoms with Gasteiger partial charge in [0.05, 0.1) is 0 Å². The first-order valence-electron chi connectivity index (χ1n) is 6.98. The molecule has 3 N–H and O–H groups in total. The van der Waals surface area contributed by atoms with Crippen molar-refractivity contribution in [1.29, 1.82) is 0 Å². The SMILES string of the molecule is NNC(CCC1CCCC1)Cc1cccc(Cl)c1. The van der Waals surface area contributed by atoms with Crippen LogP contribution in [0, 0.1) is 5.92 Å². The van der Waals surface area contributed by atoms with Gasteiger partial charge in [-0.15, -0.1) is 0 Å². The van der Waals surface area contributed by atoms with Crippen LogP contribution < -0.4 is 11.3 Å². The van der Waals surface area contributed by atoms with Gasteiger partial charge < -0.3 is 0 Å². The lowest BCUT2D eigenvalue weighted by Crippen LogP contribution is -2.37. The van der Waals surface area contributed by atoms with Crippen molar-refractivity contribution in [3.8, 4) is 0 Å². The van der Waals surface area contributed by atoms with Crippen molar-refractivity contribution in [1.82, 2.24) is 5.43 Å². The molecule has 0 saturated heterocycles. The van der Waals surface area contributed by atoms with E-state index in [4.69, 9.17) is 17.4 Å². The largest absolute Gasteiger partial charge is 0.271 e. The molecule has 0 aromatic heterocycles. The van der Waals surface area contributed by atoms with Crippen molar-refractivity contribution >= 4 is 11.6 Å². The molecule has 1 saturated carbocycles. The fourth-order valence-electron chi connectivity index (χ4n) is 2.93. The molecule has 0 bridgehead atoms. The first kappa shape index (κ1) is 13.9. The van der Waals surface area contributed by atoms with E-state index in [0.717, 1.165) is 23.8 Å². The Morgan fingerprint density at radius 1 is 1.33 bits per heavy atom. The Bertz CT molecular complexity index is 361. The van der Waals surface area contributed by atoms with Crippen LogP contribution in [-0.4, -0.2) is 6.04 Å². The summed E-state index contributed by atoms with van der Waals surface area (Å²) < 4.78 is 0. The third-order valence-corrected chi connectivity index (χ3v) is 4.24. The Morgan fingerprint density at radius 2 is 2.11 bits per heavy atom. The molecule has 1 fully saturated rings. The second-order valence-corrected chi connectivity index (χ2v) is 5.86. The lowest BCUT2D eigenvalue weighted by atomic mass is 9.95. The van der Waals surface area contributed by atoms with E-state index < -0.39 is 0 Å². The number of nitrogens with one attached hydrogen (secondary N) is 1. The molecule has 1 atom stereocenters. The Balaban J connectivity index is 1.81. The van der Waals surface area contributed by atoms with Gasteiger partial charge in [0.2, 0.25) is 0 Å². The number of hydrogen-bond acceptors (Lipinski definition) is 2. The van der Waals surface area contributed by atoms with Gasteiger partial charge in [-0.2, -0.15) is 0 Å². The summed E-state index contributed by atoms with van der Waals surface area (Å²) in [6, 6.07) is 8.42. The van der Waals surface area contributed by atoms with Gasteiger partial charge in [-0.3, -0.25) is 11.3 Å². The van der Waals surface area contributed by atoms with Crippen LogP contribution in [0.4, 0.5) is 0 Å². The van der Waals surface area contributed by atoms with Crippen LogP contribution >= 0.6 is 11.6 Å². The van der Waals surface area contributed by atoms with Gasteiger partial charge in [-0.05, 0) is 42.9 Å². The van der Waals surface area contributed by atoms with E-state index in [1.54, 1.807) is 0 Å². The highest BCUT2D eigenvalue weighted by Crippen LogP contribution is 2.29. The third-order valence-electron chi connectivity index (χ3n) is 4.00. The first-order chi connectivity index (χ1) is 8.78. The fraction of sp³-hybridized carbons (Fsp3) is 0.600. The van der Waals surface area contributed by atoms with E-state index in [1.807, 2.05) is 18.2 Å². The van der Waals surface area contributed by atoms with Gasteiger partial charge >= 0.3 is 0 Å². The summed E-state index contributed by atoms with van der Waals surface area (Å²) in [4.78, 5) is 0. The standard InChI is InChI=1S/C15H23ClN2/c16-14-7-3-6-13(10-14)11-15(18-17)9-8-12-4-1-2-5-12/h3,6-7,10,12,15,18H,1-2,4-5,8-9,11,17H2. The Labute approximate surface area is 115 Å². The van der Waals surface area contributed by atoms with Crippen LogP contribution in [0.25, 0.3) is 0 Å². The summed E-state index contributed by atoms with van der Waals surface area (Å²) in [6.07, 6.45) is 9.08. The number of nitrogens with two attached hydrogens (primary N) is 1. The van der Waals surface area contributed by atoms with Gasteiger partial charge in [0, 0.05) is 11.1 Å². The molecular weight excluding hydrogens is 244 g/mol. The molecule has 0 spiro atoms. The predicted molar refractivity (Wildman–Crippen MR) is 77.5 cm³/mol. The highest BCUT2D eigenvalue weighted by Gasteiger charge is 2.17. The fourth-order valence-corrected chi connectivity index (χ4v) is 3.14. The summed E-state index contributed by atoms with van der Waals surface area (Å²) >= 11 is 6.00. The van der Waals surface area contributed by atoms with Crippen molar-refractivity contribution in [3.63, 3.8) is 0 Å². The summed E-state index contributed by atoms with van der Waals surface area (Å²) in [5.74, 6) is 6.59. The van der Waals surface area contributed by atoms with Crippen molar-refractivity contribution in [2.75, 3.05) is 0 Å². The maximum atomic E-state index is 6.00. The molecule has 1 aromatic rings. The predicted octanol–water partition coefficient (Wildman–Crippen LogP) is 3.68. The Morgan fingerprint density at radius 3 is 2.78 bits per heavy atom. The monoisotopic (exact) mass is 266 g/mol. The molecule has 0 amide bonds. The molecule has 100 valence electrons. The molecule has 0 aliphatic heterocycles. The zero-order valence-corrected chi connectivity index (χ0v) is 11.6. The zero-order chi connectivity index (χ0) is 12.8. The topological polar surface area (TPSA) is 38.0 Å². The average molecular weight is 267 g/mol. The highest BCUT2D eigenvalue weighted by atomic mass is 35.5. The van der Waals surface area contributed by atoms with Crippen LogP contribution in [0.15, 0.2) is 24.3 Å². The summed E-state index contributed by atoms with van der Waals surface area (Å²) in [5.41, 5.74) is 4.21. The molecule has 1 unspecified atom stereocenters. The van der Waals surface area contributed by atoms with Crippen molar-refractivity contribution in [3.05, 3.63) is 34.9 Å².